The minimum Gasteiger partial charge on any atom is -0.454 e. The van der Waals surface area contributed by atoms with Crippen LogP contribution in [0.5, 0.6) is 11.5 Å². The molecule has 6 heteroatoms. The van der Waals surface area contributed by atoms with Crippen LogP contribution in [0.1, 0.15) is 11.1 Å². The monoisotopic (exact) mass is 261 g/mol. The van der Waals surface area contributed by atoms with Gasteiger partial charge in [0.05, 0.1) is 0 Å². The predicted octanol–water partition coefficient (Wildman–Crippen LogP) is 2.04. The number of aromatic amines is 1. The number of anilines is 1. The molecule has 0 amide bonds. The van der Waals surface area contributed by atoms with E-state index in [0.29, 0.717) is 17.0 Å². The first-order chi connectivity index (χ1) is 8.72. The lowest BCUT2D eigenvalue weighted by Gasteiger charge is -2.05. The zero-order chi connectivity index (χ0) is 12.5. The Morgan fingerprint density at radius 1 is 1.33 bits per heavy atom. The third-order valence-corrected chi connectivity index (χ3v) is 2.96. The number of hydrogen-bond acceptors (Lipinski definition) is 5. The Hall–Kier alpha value is -2.08. The van der Waals surface area contributed by atoms with Crippen molar-refractivity contribution in [1.82, 2.24) is 9.97 Å². The highest BCUT2D eigenvalue weighted by Crippen LogP contribution is 2.33. The van der Waals surface area contributed by atoms with Crippen molar-refractivity contribution in [1.29, 1.82) is 0 Å². The van der Waals surface area contributed by atoms with Crippen LogP contribution in [0, 0.1) is 4.77 Å². The number of nitrogens with one attached hydrogen (secondary N) is 1. The van der Waals surface area contributed by atoms with Crippen molar-refractivity contribution < 1.29 is 9.47 Å². The standard InChI is InChI=1S/C12H11N3O2S/c13-11-8(5-14-12(18)15-11)3-7-1-2-9-10(4-7)17-6-16-9/h1-2,4-5H,3,6H2,(H3,13,14,15,18). The SMILES string of the molecule is Nc1[nH]c(=S)ncc1Cc1ccc2c(c1)OCO2. The molecule has 5 nitrogen and oxygen atoms in total. The maximum absolute atomic E-state index is 5.86. The average Bonchev–Trinajstić information content (AvgIpc) is 2.80. The molecule has 2 heterocycles. The fourth-order valence-electron chi connectivity index (χ4n) is 1.85. The van der Waals surface area contributed by atoms with E-state index in [4.69, 9.17) is 27.4 Å². The molecule has 1 aliphatic heterocycles. The third kappa shape index (κ3) is 2.02. The maximum atomic E-state index is 5.86. The van der Waals surface area contributed by atoms with Crippen LogP contribution in [-0.4, -0.2) is 16.8 Å². The fourth-order valence-corrected chi connectivity index (χ4v) is 2.01. The molecule has 1 aromatic heterocycles. The Morgan fingerprint density at radius 3 is 3.00 bits per heavy atom. The molecule has 1 aromatic carbocycles. The highest BCUT2D eigenvalue weighted by atomic mass is 32.1. The van der Waals surface area contributed by atoms with Crippen LogP contribution in [-0.2, 0) is 6.42 Å². The summed E-state index contributed by atoms with van der Waals surface area (Å²) in [6, 6.07) is 5.82. The normalized spacial score (nSPS) is 12.7. The summed E-state index contributed by atoms with van der Waals surface area (Å²) in [6.45, 7) is 0.279. The summed E-state index contributed by atoms with van der Waals surface area (Å²) in [5.41, 5.74) is 7.85. The topological polar surface area (TPSA) is 73.2 Å². The van der Waals surface area contributed by atoms with E-state index in [2.05, 4.69) is 9.97 Å². The number of rotatable bonds is 2. The maximum Gasteiger partial charge on any atom is 0.231 e. The number of aromatic nitrogens is 2. The zero-order valence-corrected chi connectivity index (χ0v) is 10.3. The van der Waals surface area contributed by atoms with Gasteiger partial charge in [-0.2, -0.15) is 0 Å². The first kappa shape index (κ1) is 11.0. The Bertz CT molecular complexity index is 654. The van der Waals surface area contributed by atoms with Gasteiger partial charge in [-0.1, -0.05) is 6.07 Å². The molecule has 0 spiro atoms. The Kier molecular flexibility index (Phi) is 2.64. The number of nitrogens with two attached hydrogens (primary N) is 1. The molecule has 18 heavy (non-hydrogen) atoms. The van der Waals surface area contributed by atoms with Gasteiger partial charge in [0.2, 0.25) is 6.79 Å². The van der Waals surface area contributed by atoms with Crippen LogP contribution < -0.4 is 15.2 Å². The van der Waals surface area contributed by atoms with E-state index in [-0.39, 0.29) is 6.79 Å². The number of ether oxygens (including phenoxy) is 2. The molecule has 3 N–H and O–H groups in total. The Labute approximate surface area is 109 Å². The van der Waals surface area contributed by atoms with Gasteiger partial charge in [0, 0.05) is 18.2 Å². The van der Waals surface area contributed by atoms with Crippen LogP contribution >= 0.6 is 12.2 Å². The summed E-state index contributed by atoms with van der Waals surface area (Å²) >= 11 is 4.91. The summed E-state index contributed by atoms with van der Waals surface area (Å²) < 4.78 is 11.0. The van der Waals surface area contributed by atoms with Crippen molar-refractivity contribution in [2.24, 2.45) is 0 Å². The second-order valence-electron chi connectivity index (χ2n) is 3.99. The molecule has 0 atom stereocenters. The van der Waals surface area contributed by atoms with E-state index in [1.165, 1.54) is 0 Å². The lowest BCUT2D eigenvalue weighted by atomic mass is 10.1. The molecule has 0 bridgehead atoms. The minimum atomic E-state index is 0.279. The molecule has 1 aliphatic rings. The zero-order valence-electron chi connectivity index (χ0n) is 9.47. The number of fused-ring (bicyclic) bond motifs is 1. The molecular formula is C12H11N3O2S. The lowest BCUT2D eigenvalue weighted by Crippen LogP contribution is -2.00. The molecule has 3 rings (SSSR count). The van der Waals surface area contributed by atoms with Gasteiger partial charge in [0.1, 0.15) is 5.82 Å². The first-order valence-electron chi connectivity index (χ1n) is 5.44. The molecule has 0 aliphatic carbocycles. The molecule has 0 saturated carbocycles. The van der Waals surface area contributed by atoms with E-state index >= 15 is 0 Å². The summed E-state index contributed by atoms with van der Waals surface area (Å²) in [6.07, 6.45) is 2.36. The van der Waals surface area contributed by atoms with E-state index in [0.717, 1.165) is 22.6 Å². The van der Waals surface area contributed by atoms with Crippen molar-refractivity contribution in [2.75, 3.05) is 12.5 Å². The minimum absolute atomic E-state index is 0.279. The van der Waals surface area contributed by atoms with Crippen molar-refractivity contribution in [2.45, 2.75) is 6.42 Å². The predicted molar refractivity (Wildman–Crippen MR) is 69.2 cm³/mol. The number of benzene rings is 1. The first-order valence-corrected chi connectivity index (χ1v) is 5.85. The van der Waals surface area contributed by atoms with Gasteiger partial charge in [0.15, 0.2) is 16.3 Å². The number of H-pyrrole nitrogens is 1. The number of nitrogen functional groups attached to an aromatic ring is 1. The third-order valence-electron chi connectivity index (χ3n) is 2.76. The molecule has 0 radical (unpaired) electrons. The van der Waals surface area contributed by atoms with Gasteiger partial charge in [-0.25, -0.2) is 4.98 Å². The van der Waals surface area contributed by atoms with Gasteiger partial charge in [-0.3, -0.25) is 0 Å². The summed E-state index contributed by atoms with van der Waals surface area (Å²) in [7, 11) is 0. The van der Waals surface area contributed by atoms with Gasteiger partial charge < -0.3 is 20.2 Å². The van der Waals surface area contributed by atoms with Crippen LogP contribution in [0.4, 0.5) is 5.82 Å². The van der Waals surface area contributed by atoms with Crippen molar-refractivity contribution >= 4 is 18.0 Å². The summed E-state index contributed by atoms with van der Waals surface area (Å²) in [5.74, 6) is 2.09. The van der Waals surface area contributed by atoms with Gasteiger partial charge in [-0.05, 0) is 29.9 Å². The Morgan fingerprint density at radius 2 is 2.17 bits per heavy atom. The largest absolute Gasteiger partial charge is 0.454 e. The van der Waals surface area contributed by atoms with Crippen LogP contribution in [0.15, 0.2) is 24.4 Å². The van der Waals surface area contributed by atoms with Crippen LogP contribution in [0.2, 0.25) is 0 Å². The van der Waals surface area contributed by atoms with Crippen LogP contribution in [0.25, 0.3) is 0 Å². The molecule has 0 saturated heterocycles. The second-order valence-corrected chi connectivity index (χ2v) is 4.38. The van der Waals surface area contributed by atoms with E-state index in [1.807, 2.05) is 18.2 Å². The van der Waals surface area contributed by atoms with Crippen molar-refractivity contribution in [3.8, 4) is 11.5 Å². The summed E-state index contributed by atoms with van der Waals surface area (Å²) in [4.78, 5) is 6.87. The van der Waals surface area contributed by atoms with E-state index in [9.17, 15) is 0 Å². The highest BCUT2D eigenvalue weighted by Gasteiger charge is 2.13. The van der Waals surface area contributed by atoms with Crippen LogP contribution in [0.3, 0.4) is 0 Å². The Balaban J connectivity index is 1.90. The van der Waals surface area contributed by atoms with Gasteiger partial charge >= 0.3 is 0 Å². The van der Waals surface area contributed by atoms with Crippen molar-refractivity contribution in [3.63, 3.8) is 0 Å². The van der Waals surface area contributed by atoms with E-state index < -0.39 is 0 Å². The van der Waals surface area contributed by atoms with Crippen molar-refractivity contribution in [3.05, 3.63) is 40.3 Å². The molecule has 2 aromatic rings. The van der Waals surface area contributed by atoms with Gasteiger partial charge in [-0.15, -0.1) is 0 Å². The second kappa shape index (κ2) is 4.30. The lowest BCUT2D eigenvalue weighted by molar-refractivity contribution is 0.174. The number of nitrogens with zero attached hydrogens (tertiary/aromatic N) is 1. The number of hydrogen-bond donors (Lipinski definition) is 2. The molecule has 0 fully saturated rings. The summed E-state index contributed by atoms with van der Waals surface area (Å²) in [5, 5.41) is 0. The average molecular weight is 261 g/mol. The highest BCUT2D eigenvalue weighted by molar-refractivity contribution is 7.71. The fraction of sp³-hybridized carbons (Fsp3) is 0.167. The van der Waals surface area contributed by atoms with Gasteiger partial charge in [0.25, 0.3) is 0 Å². The quantitative estimate of drug-likeness (QED) is 0.809. The molecule has 92 valence electrons. The van der Waals surface area contributed by atoms with E-state index in [1.54, 1.807) is 6.20 Å². The molecular weight excluding hydrogens is 250 g/mol. The smallest absolute Gasteiger partial charge is 0.231 e. The molecule has 0 unspecified atom stereocenters.